The third-order valence-corrected chi connectivity index (χ3v) is 5.36. The molecule has 7 heteroatoms. The molecule has 1 saturated heterocycles. The number of nitrogens with one attached hydrogen (secondary N) is 1. The number of likely N-dealkylation sites (tertiary alicyclic amines) is 1. The lowest BCUT2D eigenvalue weighted by Crippen LogP contribution is -2.28. The maximum Gasteiger partial charge on any atom is 0.271 e. The Hall–Kier alpha value is -3.22. The van der Waals surface area contributed by atoms with Crippen LogP contribution < -0.4 is 4.74 Å². The number of aromatic amines is 1. The van der Waals surface area contributed by atoms with Crippen molar-refractivity contribution in [3.63, 3.8) is 0 Å². The van der Waals surface area contributed by atoms with Crippen molar-refractivity contribution < 1.29 is 9.53 Å². The molecule has 3 aromatic rings. The van der Waals surface area contributed by atoms with Gasteiger partial charge in [-0.15, -0.1) is 0 Å². The van der Waals surface area contributed by atoms with Gasteiger partial charge >= 0.3 is 0 Å². The van der Waals surface area contributed by atoms with Gasteiger partial charge in [-0.1, -0.05) is 12.1 Å². The number of ether oxygens (including phenoxy) is 1. The first-order valence-corrected chi connectivity index (χ1v) is 9.15. The number of rotatable bonds is 3. The number of hydrogen-bond donors (Lipinski definition) is 1. The molecule has 0 bridgehead atoms. The fraction of sp³-hybridized carbons (Fsp3) is 0.300. The molecule has 1 fully saturated rings. The normalized spacial score (nSPS) is 18.4. The van der Waals surface area contributed by atoms with Gasteiger partial charge in [0.15, 0.2) is 0 Å². The van der Waals surface area contributed by atoms with Crippen molar-refractivity contribution in [3.8, 4) is 17.0 Å². The van der Waals surface area contributed by atoms with Crippen molar-refractivity contribution in [1.82, 2.24) is 25.3 Å². The smallest absolute Gasteiger partial charge is 0.271 e. The van der Waals surface area contributed by atoms with Gasteiger partial charge in [-0.05, 0) is 35.7 Å². The summed E-state index contributed by atoms with van der Waals surface area (Å²) in [5, 5.41) is 14.7. The average Bonchev–Trinajstić information content (AvgIpc) is 3.47. The summed E-state index contributed by atoms with van der Waals surface area (Å²) in [7, 11) is 0. The van der Waals surface area contributed by atoms with Crippen LogP contribution in [-0.4, -0.2) is 50.9 Å². The summed E-state index contributed by atoms with van der Waals surface area (Å²) in [6.45, 7) is 2.22. The minimum Gasteiger partial charge on any atom is -0.493 e. The predicted molar refractivity (Wildman–Crippen MR) is 98.5 cm³/mol. The zero-order valence-corrected chi connectivity index (χ0v) is 14.8. The van der Waals surface area contributed by atoms with Crippen LogP contribution in [0.5, 0.6) is 5.75 Å². The molecule has 27 heavy (non-hydrogen) atoms. The van der Waals surface area contributed by atoms with E-state index in [9.17, 15) is 4.79 Å². The van der Waals surface area contributed by atoms with Gasteiger partial charge in [0.1, 0.15) is 11.4 Å². The van der Waals surface area contributed by atoms with Gasteiger partial charge in [-0.25, -0.2) is 0 Å². The van der Waals surface area contributed by atoms with Gasteiger partial charge in [-0.3, -0.25) is 9.89 Å². The van der Waals surface area contributed by atoms with E-state index in [1.165, 1.54) is 11.1 Å². The molecule has 4 heterocycles. The molecule has 7 nitrogen and oxygen atoms in total. The fourth-order valence-electron chi connectivity index (χ4n) is 3.85. The SMILES string of the molecule is O=C(c1cc(-c2ccnnc2)n[nH]1)N1CCC(c2ccc3c(c2)OCC3)C1. The number of benzene rings is 1. The molecule has 0 aliphatic carbocycles. The average molecular weight is 361 g/mol. The van der Waals surface area contributed by atoms with Gasteiger partial charge in [0, 0.05) is 31.0 Å². The Morgan fingerprint density at radius 1 is 1.22 bits per heavy atom. The van der Waals surface area contributed by atoms with E-state index >= 15 is 0 Å². The summed E-state index contributed by atoms with van der Waals surface area (Å²) < 4.78 is 5.68. The van der Waals surface area contributed by atoms with Crippen molar-refractivity contribution in [2.75, 3.05) is 19.7 Å². The number of hydrogen-bond acceptors (Lipinski definition) is 5. The highest BCUT2D eigenvalue weighted by molar-refractivity contribution is 5.93. The van der Waals surface area contributed by atoms with Crippen molar-refractivity contribution in [2.45, 2.75) is 18.8 Å². The van der Waals surface area contributed by atoms with Crippen LogP contribution in [0.15, 0.2) is 42.7 Å². The Morgan fingerprint density at radius 2 is 2.19 bits per heavy atom. The first kappa shape index (κ1) is 16.0. The topological polar surface area (TPSA) is 84.0 Å². The maximum absolute atomic E-state index is 12.9. The molecule has 0 radical (unpaired) electrons. The lowest BCUT2D eigenvalue weighted by atomic mass is 9.96. The number of nitrogens with zero attached hydrogens (tertiary/aromatic N) is 4. The van der Waals surface area contributed by atoms with Crippen LogP contribution in [0.2, 0.25) is 0 Å². The highest BCUT2D eigenvalue weighted by Crippen LogP contribution is 2.33. The van der Waals surface area contributed by atoms with E-state index < -0.39 is 0 Å². The van der Waals surface area contributed by atoms with Crippen LogP contribution in [0.4, 0.5) is 0 Å². The van der Waals surface area contributed by atoms with Gasteiger partial charge < -0.3 is 9.64 Å². The van der Waals surface area contributed by atoms with E-state index in [1.54, 1.807) is 18.5 Å². The monoisotopic (exact) mass is 361 g/mol. The zero-order valence-electron chi connectivity index (χ0n) is 14.8. The molecule has 2 aromatic heterocycles. The molecular weight excluding hydrogens is 342 g/mol. The molecule has 1 amide bonds. The number of carbonyl (C=O) groups is 1. The highest BCUT2D eigenvalue weighted by Gasteiger charge is 2.29. The molecule has 1 N–H and O–H groups in total. The lowest BCUT2D eigenvalue weighted by molar-refractivity contribution is 0.0785. The van der Waals surface area contributed by atoms with Crippen LogP contribution >= 0.6 is 0 Å². The second kappa shape index (κ2) is 6.50. The quantitative estimate of drug-likeness (QED) is 0.775. The predicted octanol–water partition coefficient (Wildman–Crippen LogP) is 2.43. The Morgan fingerprint density at radius 3 is 3.07 bits per heavy atom. The van der Waals surface area contributed by atoms with E-state index in [-0.39, 0.29) is 5.91 Å². The van der Waals surface area contributed by atoms with Crippen LogP contribution in [0.3, 0.4) is 0 Å². The van der Waals surface area contributed by atoms with E-state index in [2.05, 4.69) is 38.6 Å². The third kappa shape index (κ3) is 2.95. The fourth-order valence-corrected chi connectivity index (χ4v) is 3.85. The van der Waals surface area contributed by atoms with Crippen LogP contribution in [-0.2, 0) is 6.42 Å². The van der Waals surface area contributed by atoms with Gasteiger partial charge in [0.05, 0.1) is 24.7 Å². The number of amides is 1. The molecule has 2 aliphatic heterocycles. The summed E-state index contributed by atoms with van der Waals surface area (Å²) in [6.07, 6.45) is 5.18. The van der Waals surface area contributed by atoms with Crippen LogP contribution in [0, 0.1) is 0 Å². The lowest BCUT2D eigenvalue weighted by Gasteiger charge is -2.16. The molecule has 2 aliphatic rings. The van der Waals surface area contributed by atoms with E-state index in [0.717, 1.165) is 37.3 Å². The standard InChI is InChI=1S/C20H19N5O2/c26-20(18-10-17(23-24-18)15-3-6-21-22-11-15)25-7-4-16(12-25)14-2-1-13-5-8-27-19(13)9-14/h1-3,6,9-11,16H,4-5,7-8,12H2,(H,23,24). The van der Waals surface area contributed by atoms with Crippen molar-refractivity contribution in [3.05, 3.63) is 59.5 Å². The molecule has 0 saturated carbocycles. The summed E-state index contributed by atoms with van der Waals surface area (Å²) >= 11 is 0. The Kier molecular flexibility index (Phi) is 3.85. The molecule has 1 aromatic carbocycles. The van der Waals surface area contributed by atoms with E-state index in [1.807, 2.05) is 11.0 Å². The Labute approximate surface area is 156 Å². The second-order valence-corrected chi connectivity index (χ2v) is 7.00. The van der Waals surface area contributed by atoms with Crippen molar-refractivity contribution in [2.24, 2.45) is 0 Å². The number of carbonyl (C=O) groups excluding carboxylic acids is 1. The molecule has 1 unspecified atom stereocenters. The molecule has 0 spiro atoms. The third-order valence-electron chi connectivity index (χ3n) is 5.36. The summed E-state index contributed by atoms with van der Waals surface area (Å²) in [4.78, 5) is 14.7. The van der Waals surface area contributed by atoms with Gasteiger partial charge in [0.2, 0.25) is 0 Å². The molecule has 5 rings (SSSR count). The Bertz CT molecular complexity index is 985. The largest absolute Gasteiger partial charge is 0.493 e. The molecular formula is C20H19N5O2. The first-order valence-electron chi connectivity index (χ1n) is 9.15. The first-order chi connectivity index (χ1) is 13.3. The van der Waals surface area contributed by atoms with Crippen molar-refractivity contribution in [1.29, 1.82) is 0 Å². The van der Waals surface area contributed by atoms with Crippen LogP contribution in [0.1, 0.15) is 34.0 Å². The van der Waals surface area contributed by atoms with E-state index in [0.29, 0.717) is 23.9 Å². The summed E-state index contributed by atoms with van der Waals surface area (Å²) in [5.74, 6) is 1.33. The second-order valence-electron chi connectivity index (χ2n) is 7.00. The molecule has 1 atom stereocenters. The minimum atomic E-state index is -0.0179. The highest BCUT2D eigenvalue weighted by atomic mass is 16.5. The maximum atomic E-state index is 12.9. The number of fused-ring (bicyclic) bond motifs is 1. The van der Waals surface area contributed by atoms with Crippen LogP contribution in [0.25, 0.3) is 11.3 Å². The van der Waals surface area contributed by atoms with Gasteiger partial charge in [-0.2, -0.15) is 15.3 Å². The Balaban J connectivity index is 1.30. The number of aromatic nitrogens is 4. The minimum absolute atomic E-state index is 0.0179. The van der Waals surface area contributed by atoms with E-state index in [4.69, 9.17) is 4.74 Å². The molecule has 136 valence electrons. The zero-order chi connectivity index (χ0) is 18.2. The van der Waals surface area contributed by atoms with Crippen molar-refractivity contribution >= 4 is 5.91 Å². The van der Waals surface area contributed by atoms with Gasteiger partial charge in [0.25, 0.3) is 5.91 Å². The summed E-state index contributed by atoms with van der Waals surface area (Å²) in [5.41, 5.74) is 4.55. The summed E-state index contributed by atoms with van der Waals surface area (Å²) in [6, 6.07) is 10.1. The number of H-pyrrole nitrogens is 1.